The summed E-state index contributed by atoms with van der Waals surface area (Å²) < 4.78 is 0. The molecule has 0 aliphatic carbocycles. The Morgan fingerprint density at radius 1 is 0.464 bits per heavy atom. The number of phenols is 2. The van der Waals surface area contributed by atoms with Crippen LogP contribution in [0.2, 0.25) is 0 Å². The van der Waals surface area contributed by atoms with E-state index in [9.17, 15) is 10.2 Å². The zero-order valence-corrected chi connectivity index (χ0v) is 33.4. The van der Waals surface area contributed by atoms with Crippen molar-refractivity contribution in [1.29, 1.82) is 0 Å². The molecule has 0 aromatic heterocycles. The molecule has 0 saturated heterocycles. The third-order valence-corrected chi connectivity index (χ3v) is 10.2. The molecule has 6 rings (SSSR count). The Labute approximate surface area is 333 Å². The molecule has 0 amide bonds. The van der Waals surface area contributed by atoms with Gasteiger partial charge in [0.25, 0.3) is 0 Å². The van der Waals surface area contributed by atoms with Crippen molar-refractivity contribution in [2.45, 2.75) is 64.5 Å². The average molecular weight is 737 g/mol. The standard InChI is InChI=1S/C52H52N2O2/c1-9-35-21-25-37(26-22-35)41-29-43(49(55)45(31-41)51(3,4)5)33-53-47(39-17-13-11-14-18-39)48(40-19-15-12-16-20-40)54-34-44-30-42(32-46(50(44)56)52(6,7)8)38-27-23-36(10-2)24-28-38/h9-34,47-48,55-56H,1-2H2,3-8H3/t47-,48-/m1/s1. The number of rotatable bonds is 11. The fourth-order valence-electron chi connectivity index (χ4n) is 6.93. The molecular weight excluding hydrogens is 685 g/mol. The molecular formula is C52H52N2O2. The lowest BCUT2D eigenvalue weighted by Crippen LogP contribution is -2.13. The minimum Gasteiger partial charge on any atom is -0.507 e. The smallest absolute Gasteiger partial charge is 0.128 e. The second-order valence-electron chi connectivity index (χ2n) is 16.3. The third kappa shape index (κ3) is 8.98. The van der Waals surface area contributed by atoms with Crippen molar-refractivity contribution in [3.63, 3.8) is 0 Å². The van der Waals surface area contributed by atoms with E-state index in [1.807, 2.05) is 84.9 Å². The molecule has 282 valence electrons. The van der Waals surface area contributed by atoms with Crippen LogP contribution >= 0.6 is 0 Å². The van der Waals surface area contributed by atoms with Gasteiger partial charge in [-0.25, -0.2) is 0 Å². The third-order valence-electron chi connectivity index (χ3n) is 10.2. The second kappa shape index (κ2) is 16.6. The lowest BCUT2D eigenvalue weighted by molar-refractivity contribution is 0.445. The van der Waals surface area contributed by atoms with Crippen molar-refractivity contribution in [1.82, 2.24) is 0 Å². The molecule has 0 fully saturated rings. The van der Waals surface area contributed by atoms with Crippen LogP contribution in [0.1, 0.15) is 98.1 Å². The Kier molecular flexibility index (Phi) is 11.7. The maximum absolute atomic E-state index is 11.8. The van der Waals surface area contributed by atoms with Crippen LogP contribution in [0.25, 0.3) is 34.4 Å². The number of hydrogen-bond donors (Lipinski definition) is 2. The van der Waals surface area contributed by atoms with Crippen molar-refractivity contribution in [2.24, 2.45) is 9.98 Å². The zero-order valence-electron chi connectivity index (χ0n) is 33.4. The lowest BCUT2D eigenvalue weighted by Gasteiger charge is -2.24. The molecule has 56 heavy (non-hydrogen) atoms. The van der Waals surface area contributed by atoms with E-state index < -0.39 is 12.1 Å². The van der Waals surface area contributed by atoms with Crippen LogP contribution < -0.4 is 0 Å². The number of phenolic OH excluding ortho intramolecular Hbond substituents is 2. The first-order valence-electron chi connectivity index (χ1n) is 19.1. The van der Waals surface area contributed by atoms with Gasteiger partial charge in [0.15, 0.2) is 0 Å². The first kappa shape index (κ1) is 39.4. The molecule has 0 aliphatic rings. The van der Waals surface area contributed by atoms with E-state index in [0.29, 0.717) is 11.1 Å². The van der Waals surface area contributed by atoms with Gasteiger partial charge in [-0.05, 0) is 79.6 Å². The summed E-state index contributed by atoms with van der Waals surface area (Å²) in [6.45, 7) is 20.4. The number of benzene rings is 6. The summed E-state index contributed by atoms with van der Waals surface area (Å²) >= 11 is 0. The van der Waals surface area contributed by atoms with Gasteiger partial charge >= 0.3 is 0 Å². The molecule has 0 bridgehead atoms. The van der Waals surface area contributed by atoms with E-state index >= 15 is 0 Å². The van der Waals surface area contributed by atoms with Gasteiger partial charge in [-0.15, -0.1) is 0 Å². The van der Waals surface area contributed by atoms with Crippen LogP contribution in [0.5, 0.6) is 11.5 Å². The highest BCUT2D eigenvalue weighted by molar-refractivity contribution is 5.89. The van der Waals surface area contributed by atoms with Crippen LogP contribution in [0.15, 0.2) is 157 Å². The second-order valence-corrected chi connectivity index (χ2v) is 16.3. The van der Waals surface area contributed by atoms with Crippen molar-refractivity contribution in [2.75, 3.05) is 0 Å². The normalized spacial score (nSPS) is 13.2. The van der Waals surface area contributed by atoms with E-state index in [1.54, 1.807) is 12.4 Å². The Balaban J connectivity index is 1.50. The van der Waals surface area contributed by atoms with Gasteiger partial charge in [-0.3, -0.25) is 9.98 Å². The zero-order chi connectivity index (χ0) is 40.0. The molecule has 0 aliphatic heterocycles. The molecule has 6 aromatic rings. The first-order chi connectivity index (χ1) is 26.8. The monoisotopic (exact) mass is 736 g/mol. The van der Waals surface area contributed by atoms with E-state index in [4.69, 9.17) is 9.98 Å². The summed E-state index contributed by atoms with van der Waals surface area (Å²) in [6, 6.07) is 44.0. The van der Waals surface area contributed by atoms with Crippen molar-refractivity contribution >= 4 is 24.6 Å². The highest BCUT2D eigenvalue weighted by Crippen LogP contribution is 2.41. The molecule has 0 saturated carbocycles. The van der Waals surface area contributed by atoms with E-state index in [-0.39, 0.29) is 22.3 Å². The highest BCUT2D eigenvalue weighted by atomic mass is 16.3. The minimum absolute atomic E-state index is 0.205. The van der Waals surface area contributed by atoms with Gasteiger partial charge in [-0.2, -0.15) is 0 Å². The predicted octanol–water partition coefficient (Wildman–Crippen LogP) is 13.3. The number of aliphatic imine (C=N–C) groups is 2. The molecule has 0 spiro atoms. The summed E-state index contributed by atoms with van der Waals surface area (Å²) in [5.41, 5.74) is 10.3. The predicted molar refractivity (Wildman–Crippen MR) is 238 cm³/mol. The summed E-state index contributed by atoms with van der Waals surface area (Å²) in [5.74, 6) is 0.411. The van der Waals surface area contributed by atoms with Gasteiger partial charge in [0.1, 0.15) is 23.6 Å². The van der Waals surface area contributed by atoms with Gasteiger partial charge in [0, 0.05) is 34.7 Å². The Hall–Kier alpha value is -6.26. The summed E-state index contributed by atoms with van der Waals surface area (Å²) in [4.78, 5) is 10.6. The van der Waals surface area contributed by atoms with Gasteiger partial charge in [0.05, 0.1) is 0 Å². The summed E-state index contributed by atoms with van der Waals surface area (Å²) in [7, 11) is 0. The molecule has 4 nitrogen and oxygen atoms in total. The Morgan fingerprint density at radius 2 is 0.804 bits per heavy atom. The van der Waals surface area contributed by atoms with Gasteiger partial charge in [-0.1, -0.05) is 176 Å². The quantitative estimate of drug-likeness (QED) is 0.130. The molecule has 0 heterocycles. The SMILES string of the molecule is C=Cc1ccc(-c2cc(C=N[C@H](c3ccccc3)[C@H](N=Cc3cc(-c4ccc(C=C)cc4)cc(C(C)(C)C)c3O)c3ccccc3)c(O)c(C(C)(C)C)c2)cc1. The molecule has 2 atom stereocenters. The van der Waals surface area contributed by atoms with Crippen LogP contribution in [0, 0.1) is 0 Å². The summed E-state index contributed by atoms with van der Waals surface area (Å²) in [5, 5.41) is 23.5. The molecule has 0 unspecified atom stereocenters. The van der Waals surface area contributed by atoms with Crippen LogP contribution in [0.3, 0.4) is 0 Å². The Bertz CT molecular complexity index is 2190. The van der Waals surface area contributed by atoms with Crippen LogP contribution in [0.4, 0.5) is 0 Å². The number of hydrogen-bond acceptors (Lipinski definition) is 4. The summed E-state index contributed by atoms with van der Waals surface area (Å²) in [6.07, 6.45) is 7.24. The number of nitrogens with zero attached hydrogens (tertiary/aromatic N) is 2. The fraction of sp³-hybridized carbons (Fsp3) is 0.192. The molecule has 4 heteroatoms. The lowest BCUT2D eigenvalue weighted by atomic mass is 9.83. The highest BCUT2D eigenvalue weighted by Gasteiger charge is 2.26. The maximum Gasteiger partial charge on any atom is 0.128 e. The van der Waals surface area contributed by atoms with E-state index in [0.717, 1.165) is 55.6 Å². The molecule has 2 N–H and O–H groups in total. The van der Waals surface area contributed by atoms with E-state index in [1.165, 1.54) is 0 Å². The van der Waals surface area contributed by atoms with Crippen LogP contribution in [-0.2, 0) is 10.8 Å². The van der Waals surface area contributed by atoms with Crippen LogP contribution in [-0.4, -0.2) is 22.6 Å². The minimum atomic E-state index is -0.471. The fourth-order valence-corrected chi connectivity index (χ4v) is 6.93. The first-order valence-corrected chi connectivity index (χ1v) is 19.1. The van der Waals surface area contributed by atoms with Crippen molar-refractivity contribution in [3.8, 4) is 33.8 Å². The largest absolute Gasteiger partial charge is 0.507 e. The average Bonchev–Trinajstić information content (AvgIpc) is 3.20. The van der Waals surface area contributed by atoms with E-state index in [2.05, 4.69) is 115 Å². The van der Waals surface area contributed by atoms with Crippen molar-refractivity contribution in [3.05, 3.63) is 191 Å². The van der Waals surface area contributed by atoms with Crippen molar-refractivity contribution < 1.29 is 10.2 Å². The number of aromatic hydroxyl groups is 2. The van der Waals surface area contributed by atoms with Gasteiger partial charge < -0.3 is 10.2 Å². The topological polar surface area (TPSA) is 65.2 Å². The molecule has 6 aromatic carbocycles. The van der Waals surface area contributed by atoms with Gasteiger partial charge in [0.2, 0.25) is 0 Å². The molecule has 0 radical (unpaired) electrons. The maximum atomic E-state index is 11.8. The Morgan fingerprint density at radius 3 is 1.11 bits per heavy atom.